The lowest BCUT2D eigenvalue weighted by atomic mass is 9.88. The first-order valence-electron chi connectivity index (χ1n) is 7.18. The maximum atomic E-state index is 13.8. The van der Waals surface area contributed by atoms with Crippen LogP contribution >= 0.6 is 11.6 Å². The summed E-state index contributed by atoms with van der Waals surface area (Å²) < 4.78 is 19.3. The number of carbonyl (C=O) groups is 1. The minimum absolute atomic E-state index is 0.0295. The lowest BCUT2D eigenvalue weighted by Gasteiger charge is -2.34. The molecule has 120 valence electrons. The molecule has 1 aliphatic rings. The Morgan fingerprint density at radius 2 is 2.09 bits per heavy atom. The van der Waals surface area contributed by atoms with E-state index < -0.39 is 17.3 Å². The average Bonchev–Trinajstić information content (AvgIpc) is 2.53. The summed E-state index contributed by atoms with van der Waals surface area (Å²) in [5.74, 6) is -0.778. The van der Waals surface area contributed by atoms with E-state index in [1.807, 2.05) is 6.07 Å². The molecule has 2 aromatic carbocycles. The van der Waals surface area contributed by atoms with Crippen molar-refractivity contribution in [1.29, 1.82) is 0 Å². The number of halogens is 2. The molecule has 1 heterocycles. The van der Waals surface area contributed by atoms with Gasteiger partial charge in [-0.15, -0.1) is 0 Å². The Bertz CT molecular complexity index is 732. The first-order chi connectivity index (χ1) is 11.0. The molecule has 2 N–H and O–H groups in total. The topological polar surface area (TPSA) is 58.6 Å². The van der Waals surface area contributed by atoms with E-state index in [1.165, 1.54) is 18.2 Å². The molecule has 0 aliphatic carbocycles. The lowest BCUT2D eigenvalue weighted by Crippen LogP contribution is -2.44. The van der Waals surface area contributed by atoms with Gasteiger partial charge in [0.15, 0.2) is 0 Å². The number of rotatable bonds is 3. The molecule has 0 bridgehead atoms. The number of benzene rings is 2. The summed E-state index contributed by atoms with van der Waals surface area (Å²) in [7, 11) is 0. The van der Waals surface area contributed by atoms with E-state index in [-0.39, 0.29) is 17.1 Å². The van der Waals surface area contributed by atoms with Crippen molar-refractivity contribution in [2.24, 2.45) is 0 Å². The van der Waals surface area contributed by atoms with E-state index in [4.69, 9.17) is 16.3 Å². The fourth-order valence-corrected chi connectivity index (χ4v) is 2.90. The minimum Gasteiger partial charge on any atom is -0.493 e. The summed E-state index contributed by atoms with van der Waals surface area (Å²) in [6, 6.07) is 11.1. The summed E-state index contributed by atoms with van der Waals surface area (Å²) in [5.41, 5.74) is -0.883. The van der Waals surface area contributed by atoms with Crippen LogP contribution in [0.25, 0.3) is 0 Å². The monoisotopic (exact) mass is 335 g/mol. The fraction of sp³-hybridized carbons (Fsp3) is 0.235. The molecule has 23 heavy (non-hydrogen) atoms. The smallest absolute Gasteiger partial charge is 0.255 e. The predicted octanol–water partition coefficient (Wildman–Crippen LogP) is 2.88. The Hall–Kier alpha value is -2.11. The zero-order valence-electron chi connectivity index (χ0n) is 12.2. The second-order valence-electron chi connectivity index (χ2n) is 5.41. The number of aliphatic hydroxyl groups is 1. The van der Waals surface area contributed by atoms with Crippen LogP contribution in [0.15, 0.2) is 42.5 Å². The van der Waals surface area contributed by atoms with Gasteiger partial charge in [-0.05, 0) is 18.2 Å². The zero-order chi connectivity index (χ0) is 16.4. The highest BCUT2D eigenvalue weighted by molar-refractivity contribution is 6.33. The van der Waals surface area contributed by atoms with Crippen LogP contribution in [-0.2, 0) is 5.60 Å². The highest BCUT2D eigenvalue weighted by Crippen LogP contribution is 2.36. The van der Waals surface area contributed by atoms with Crippen LogP contribution in [0.3, 0.4) is 0 Å². The minimum atomic E-state index is -1.26. The van der Waals surface area contributed by atoms with Gasteiger partial charge in [-0.1, -0.05) is 35.9 Å². The second kappa shape index (κ2) is 6.18. The van der Waals surface area contributed by atoms with Gasteiger partial charge in [0.25, 0.3) is 5.91 Å². The molecular weight excluding hydrogens is 321 g/mol. The van der Waals surface area contributed by atoms with Crippen LogP contribution in [-0.4, -0.2) is 24.2 Å². The number of fused-ring (bicyclic) bond motifs is 1. The SMILES string of the molecule is O=C(NC[C@]1(O)CCOc2ccccc21)c1c(F)cccc1Cl. The van der Waals surface area contributed by atoms with E-state index >= 15 is 0 Å². The average molecular weight is 336 g/mol. The van der Waals surface area contributed by atoms with Crippen molar-refractivity contribution in [3.63, 3.8) is 0 Å². The van der Waals surface area contributed by atoms with Gasteiger partial charge >= 0.3 is 0 Å². The van der Waals surface area contributed by atoms with E-state index in [0.717, 1.165) is 0 Å². The molecule has 0 radical (unpaired) electrons. The van der Waals surface area contributed by atoms with Crippen LogP contribution in [0.1, 0.15) is 22.3 Å². The Labute approximate surface area is 137 Å². The van der Waals surface area contributed by atoms with Gasteiger partial charge in [0, 0.05) is 12.0 Å². The normalized spacial score (nSPS) is 19.6. The van der Waals surface area contributed by atoms with Crippen molar-refractivity contribution in [3.05, 3.63) is 64.4 Å². The summed E-state index contributed by atoms with van der Waals surface area (Å²) in [4.78, 5) is 12.2. The highest BCUT2D eigenvalue weighted by atomic mass is 35.5. The molecule has 0 unspecified atom stereocenters. The van der Waals surface area contributed by atoms with Crippen LogP contribution in [0, 0.1) is 5.82 Å². The van der Waals surface area contributed by atoms with Gasteiger partial charge in [-0.2, -0.15) is 0 Å². The number of ether oxygens (including phenoxy) is 1. The van der Waals surface area contributed by atoms with Gasteiger partial charge in [0.1, 0.15) is 17.2 Å². The Morgan fingerprint density at radius 1 is 1.30 bits per heavy atom. The van der Waals surface area contributed by atoms with Crippen molar-refractivity contribution in [3.8, 4) is 5.75 Å². The molecule has 0 aromatic heterocycles. The van der Waals surface area contributed by atoms with Crippen molar-refractivity contribution in [1.82, 2.24) is 5.32 Å². The number of amides is 1. The molecule has 0 fully saturated rings. The van der Waals surface area contributed by atoms with Crippen molar-refractivity contribution >= 4 is 17.5 Å². The maximum Gasteiger partial charge on any atom is 0.255 e. The van der Waals surface area contributed by atoms with Gasteiger partial charge in [0.2, 0.25) is 0 Å². The van der Waals surface area contributed by atoms with E-state index in [9.17, 15) is 14.3 Å². The van der Waals surface area contributed by atoms with Crippen molar-refractivity contribution < 1.29 is 19.0 Å². The molecule has 3 rings (SSSR count). The third-order valence-electron chi connectivity index (χ3n) is 3.89. The fourth-order valence-electron chi connectivity index (χ4n) is 2.65. The van der Waals surface area contributed by atoms with Crippen molar-refractivity contribution in [2.75, 3.05) is 13.2 Å². The second-order valence-corrected chi connectivity index (χ2v) is 5.81. The van der Waals surface area contributed by atoms with E-state index in [2.05, 4.69) is 5.32 Å². The first-order valence-corrected chi connectivity index (χ1v) is 7.56. The van der Waals surface area contributed by atoms with Crippen molar-refractivity contribution in [2.45, 2.75) is 12.0 Å². The predicted molar refractivity (Wildman–Crippen MR) is 84.2 cm³/mol. The molecule has 0 saturated heterocycles. The molecule has 6 heteroatoms. The third-order valence-corrected chi connectivity index (χ3v) is 4.21. The van der Waals surface area contributed by atoms with Gasteiger partial charge in [-0.3, -0.25) is 4.79 Å². The molecular formula is C17H15ClFNO3. The van der Waals surface area contributed by atoms with Crippen LogP contribution < -0.4 is 10.1 Å². The van der Waals surface area contributed by atoms with Crippen LogP contribution in [0.2, 0.25) is 5.02 Å². The molecule has 1 aliphatic heterocycles. The number of hydrogen-bond donors (Lipinski definition) is 2. The van der Waals surface area contributed by atoms with Crippen LogP contribution in [0.5, 0.6) is 5.75 Å². The maximum absolute atomic E-state index is 13.8. The summed E-state index contributed by atoms with van der Waals surface area (Å²) >= 11 is 5.88. The van der Waals surface area contributed by atoms with Gasteiger partial charge in [0.05, 0.1) is 23.7 Å². The zero-order valence-corrected chi connectivity index (χ0v) is 12.9. The van der Waals surface area contributed by atoms with Gasteiger partial charge in [-0.25, -0.2) is 4.39 Å². The van der Waals surface area contributed by atoms with E-state index in [1.54, 1.807) is 18.2 Å². The molecule has 1 atom stereocenters. The number of para-hydroxylation sites is 1. The third kappa shape index (κ3) is 3.02. The molecule has 0 spiro atoms. The lowest BCUT2D eigenvalue weighted by molar-refractivity contribution is -0.00164. The van der Waals surface area contributed by atoms with Gasteiger partial charge < -0.3 is 15.2 Å². The standard InChI is InChI=1S/C17H15ClFNO3/c18-12-5-3-6-13(19)15(12)16(21)20-10-17(22)8-9-23-14-7-2-1-4-11(14)17/h1-7,22H,8-10H2,(H,20,21)/t17-/m1/s1. The number of carbonyl (C=O) groups excluding carboxylic acids is 1. The largest absolute Gasteiger partial charge is 0.493 e. The van der Waals surface area contributed by atoms with E-state index in [0.29, 0.717) is 24.3 Å². The Morgan fingerprint density at radius 3 is 2.87 bits per heavy atom. The highest BCUT2D eigenvalue weighted by Gasteiger charge is 2.36. The summed E-state index contributed by atoms with van der Waals surface area (Å²) in [5, 5.41) is 13.4. The number of nitrogens with one attached hydrogen (secondary N) is 1. The Balaban J connectivity index is 1.80. The summed E-state index contributed by atoms with van der Waals surface area (Å²) in [6.45, 7) is 0.278. The molecule has 1 amide bonds. The first kappa shape index (κ1) is 15.8. The molecule has 0 saturated carbocycles. The summed E-state index contributed by atoms with van der Waals surface area (Å²) in [6.07, 6.45) is 0.329. The number of hydrogen-bond acceptors (Lipinski definition) is 3. The quantitative estimate of drug-likeness (QED) is 0.906. The Kier molecular flexibility index (Phi) is 4.24. The van der Waals surface area contributed by atoms with Crippen LogP contribution in [0.4, 0.5) is 4.39 Å². The molecule has 4 nitrogen and oxygen atoms in total. The molecule has 2 aromatic rings.